The van der Waals surface area contributed by atoms with E-state index in [2.05, 4.69) is 15.6 Å². The number of carbonyl (C=O) groups excluding carboxylic acids is 2. The third-order valence-electron chi connectivity index (χ3n) is 4.05. The van der Waals surface area contributed by atoms with Gasteiger partial charge in [0.1, 0.15) is 0 Å². The molecule has 1 aliphatic rings. The zero-order valence-corrected chi connectivity index (χ0v) is 16.5. The van der Waals surface area contributed by atoms with Gasteiger partial charge in [0, 0.05) is 26.4 Å². The van der Waals surface area contributed by atoms with Gasteiger partial charge in [0.2, 0.25) is 5.91 Å². The van der Waals surface area contributed by atoms with Crippen LogP contribution < -0.4 is 10.6 Å². The molecule has 0 aliphatic carbocycles. The van der Waals surface area contributed by atoms with Gasteiger partial charge in [0.25, 0.3) is 5.91 Å². The number of carbonyl (C=O) groups is 2. The van der Waals surface area contributed by atoms with E-state index in [0.717, 1.165) is 10.5 Å². The van der Waals surface area contributed by atoms with Crippen LogP contribution >= 0.6 is 34.7 Å². The van der Waals surface area contributed by atoms with Gasteiger partial charge in [0.05, 0.1) is 16.6 Å². The Morgan fingerprint density at radius 2 is 2.07 bits per heavy atom. The maximum atomic E-state index is 12.6. The fraction of sp³-hybridized carbons (Fsp3) is 0.105. The number of halogens is 1. The number of nitrogens with one attached hydrogen (secondary N) is 2. The molecular formula is C19H14ClN3O2S2. The number of benzene rings is 2. The maximum absolute atomic E-state index is 12.6. The molecule has 136 valence electrons. The average molecular weight is 416 g/mol. The Balaban J connectivity index is 1.53. The first-order valence-corrected chi connectivity index (χ1v) is 10.3. The number of anilines is 2. The van der Waals surface area contributed by atoms with Crippen LogP contribution in [0.25, 0.3) is 11.3 Å². The average Bonchev–Trinajstić information content (AvgIpc) is 3.11. The Hall–Kier alpha value is -2.35. The molecule has 1 atom stereocenters. The van der Waals surface area contributed by atoms with E-state index in [1.807, 2.05) is 36.6 Å². The van der Waals surface area contributed by atoms with Gasteiger partial charge in [-0.05, 0) is 31.2 Å². The second-order valence-electron chi connectivity index (χ2n) is 5.93. The molecule has 0 bridgehead atoms. The van der Waals surface area contributed by atoms with E-state index in [-0.39, 0.29) is 17.1 Å². The summed E-state index contributed by atoms with van der Waals surface area (Å²) in [5.41, 5.74) is 2.65. The van der Waals surface area contributed by atoms with Gasteiger partial charge < -0.3 is 5.32 Å². The van der Waals surface area contributed by atoms with Crippen LogP contribution in [0.4, 0.5) is 10.8 Å². The van der Waals surface area contributed by atoms with E-state index in [1.165, 1.54) is 23.1 Å². The van der Waals surface area contributed by atoms with Gasteiger partial charge >= 0.3 is 0 Å². The second kappa shape index (κ2) is 7.34. The summed E-state index contributed by atoms with van der Waals surface area (Å²) in [5.74, 6) is -0.343. The number of amides is 2. The number of aromatic nitrogens is 1. The van der Waals surface area contributed by atoms with Crippen molar-refractivity contribution in [3.63, 3.8) is 0 Å². The Labute approximate surface area is 169 Å². The molecule has 2 heterocycles. The summed E-state index contributed by atoms with van der Waals surface area (Å²) in [6, 6.07) is 12.7. The Morgan fingerprint density at radius 1 is 1.26 bits per heavy atom. The van der Waals surface area contributed by atoms with Crippen LogP contribution in [-0.4, -0.2) is 22.0 Å². The van der Waals surface area contributed by atoms with E-state index < -0.39 is 0 Å². The Morgan fingerprint density at radius 3 is 2.89 bits per heavy atom. The van der Waals surface area contributed by atoms with Crippen LogP contribution in [0.1, 0.15) is 17.3 Å². The number of hydrogen-bond donors (Lipinski definition) is 2. The number of hydrogen-bond acceptors (Lipinski definition) is 5. The minimum atomic E-state index is -0.282. The predicted molar refractivity (Wildman–Crippen MR) is 111 cm³/mol. The molecule has 27 heavy (non-hydrogen) atoms. The fourth-order valence-corrected chi connectivity index (χ4v) is 4.51. The summed E-state index contributed by atoms with van der Waals surface area (Å²) in [7, 11) is 0. The van der Waals surface area contributed by atoms with E-state index in [9.17, 15) is 9.59 Å². The summed E-state index contributed by atoms with van der Waals surface area (Å²) in [5, 5.41) is 8.43. The molecule has 0 saturated heterocycles. The summed E-state index contributed by atoms with van der Waals surface area (Å²) in [6.07, 6.45) is 0. The van der Waals surface area contributed by atoms with Crippen molar-refractivity contribution < 1.29 is 9.59 Å². The first kappa shape index (κ1) is 18.0. The fourth-order valence-electron chi connectivity index (χ4n) is 2.64. The van der Waals surface area contributed by atoms with Crippen LogP contribution in [0, 0.1) is 0 Å². The van der Waals surface area contributed by atoms with Crippen molar-refractivity contribution in [1.29, 1.82) is 0 Å². The highest BCUT2D eigenvalue weighted by atomic mass is 35.5. The highest BCUT2D eigenvalue weighted by Gasteiger charge is 2.24. The molecule has 5 nitrogen and oxygen atoms in total. The number of nitrogens with zero attached hydrogens (tertiary/aromatic N) is 1. The third-order valence-corrected chi connectivity index (χ3v) is 6.31. The molecule has 2 aromatic carbocycles. The van der Waals surface area contributed by atoms with Crippen molar-refractivity contribution in [2.45, 2.75) is 17.1 Å². The van der Waals surface area contributed by atoms with Crippen molar-refractivity contribution >= 4 is 57.3 Å². The first-order chi connectivity index (χ1) is 13.0. The van der Waals surface area contributed by atoms with Gasteiger partial charge in [0.15, 0.2) is 5.13 Å². The van der Waals surface area contributed by atoms with Gasteiger partial charge in [-0.25, -0.2) is 4.98 Å². The highest BCUT2D eigenvalue weighted by Crippen LogP contribution is 2.36. The van der Waals surface area contributed by atoms with Gasteiger partial charge in [-0.3, -0.25) is 14.9 Å². The smallest absolute Gasteiger partial charge is 0.257 e. The molecule has 0 saturated carbocycles. The summed E-state index contributed by atoms with van der Waals surface area (Å²) < 4.78 is 0. The molecule has 1 aromatic heterocycles. The van der Waals surface area contributed by atoms with Crippen molar-refractivity contribution in [3.8, 4) is 11.3 Å². The topological polar surface area (TPSA) is 71.1 Å². The quantitative estimate of drug-likeness (QED) is 0.620. The van der Waals surface area contributed by atoms with Crippen molar-refractivity contribution in [1.82, 2.24) is 4.98 Å². The SMILES string of the molecule is CC1Sc2ccc(C(=O)Nc3nc(-c4ccccc4Cl)cs3)cc2NC1=O. The summed E-state index contributed by atoms with van der Waals surface area (Å²) in [4.78, 5) is 29.8. The van der Waals surface area contributed by atoms with Gasteiger partial charge in [-0.1, -0.05) is 29.8 Å². The molecule has 1 aliphatic heterocycles. The maximum Gasteiger partial charge on any atom is 0.257 e. The van der Waals surface area contributed by atoms with E-state index in [1.54, 1.807) is 18.2 Å². The lowest BCUT2D eigenvalue weighted by atomic mass is 10.1. The Kier molecular flexibility index (Phi) is 4.90. The number of thiazole rings is 1. The molecule has 0 spiro atoms. The molecule has 3 aromatic rings. The standard InChI is InChI=1S/C19H14ClN3O2S2/c1-10-17(24)21-14-8-11(6-7-16(14)27-10)18(25)23-19-22-15(9-26-19)12-4-2-3-5-13(12)20/h2-10H,1H3,(H,21,24)(H,22,23,25). The number of thioether (sulfide) groups is 1. The molecule has 8 heteroatoms. The lowest BCUT2D eigenvalue weighted by Gasteiger charge is -2.21. The van der Waals surface area contributed by atoms with Crippen molar-refractivity contribution in [3.05, 3.63) is 58.4 Å². The van der Waals surface area contributed by atoms with Crippen LogP contribution in [0.2, 0.25) is 5.02 Å². The van der Waals surface area contributed by atoms with Crippen LogP contribution in [-0.2, 0) is 4.79 Å². The largest absolute Gasteiger partial charge is 0.324 e. The van der Waals surface area contributed by atoms with E-state index >= 15 is 0 Å². The van der Waals surface area contributed by atoms with Gasteiger partial charge in [-0.2, -0.15) is 0 Å². The second-order valence-corrected chi connectivity index (χ2v) is 8.58. The minimum absolute atomic E-state index is 0.0608. The first-order valence-electron chi connectivity index (χ1n) is 8.14. The zero-order chi connectivity index (χ0) is 19.0. The van der Waals surface area contributed by atoms with E-state index in [4.69, 9.17) is 11.6 Å². The molecule has 1 unspecified atom stereocenters. The highest BCUT2D eigenvalue weighted by molar-refractivity contribution is 8.00. The molecular weight excluding hydrogens is 402 g/mol. The minimum Gasteiger partial charge on any atom is -0.324 e. The predicted octanol–water partition coefficient (Wildman–Crippen LogP) is 5.15. The van der Waals surface area contributed by atoms with Crippen LogP contribution in [0.5, 0.6) is 0 Å². The normalized spacial score (nSPS) is 15.8. The number of rotatable bonds is 3. The molecule has 0 fully saturated rings. The molecule has 2 N–H and O–H groups in total. The third kappa shape index (κ3) is 3.71. The van der Waals surface area contributed by atoms with Gasteiger partial charge in [-0.15, -0.1) is 23.1 Å². The molecule has 0 radical (unpaired) electrons. The van der Waals surface area contributed by atoms with Crippen LogP contribution in [0.15, 0.2) is 52.7 Å². The van der Waals surface area contributed by atoms with Crippen LogP contribution in [0.3, 0.4) is 0 Å². The summed E-state index contributed by atoms with van der Waals surface area (Å²) in [6.45, 7) is 1.85. The molecule has 2 amide bonds. The zero-order valence-electron chi connectivity index (χ0n) is 14.2. The van der Waals surface area contributed by atoms with Crippen molar-refractivity contribution in [2.75, 3.05) is 10.6 Å². The molecule has 4 rings (SSSR count). The van der Waals surface area contributed by atoms with Crippen molar-refractivity contribution in [2.24, 2.45) is 0 Å². The van der Waals surface area contributed by atoms with E-state index in [0.29, 0.717) is 27.1 Å². The lowest BCUT2D eigenvalue weighted by Crippen LogP contribution is -2.26. The Bertz CT molecular complexity index is 1050. The summed E-state index contributed by atoms with van der Waals surface area (Å²) >= 11 is 9.01. The lowest BCUT2D eigenvalue weighted by molar-refractivity contribution is -0.115. The monoisotopic (exact) mass is 415 g/mol. The number of fused-ring (bicyclic) bond motifs is 1.